The number of nitrogens with two attached hydrogens (primary N) is 1. The van der Waals surface area contributed by atoms with Crippen LogP contribution < -0.4 is 5.73 Å². The van der Waals surface area contributed by atoms with Crippen LogP contribution in [0, 0.1) is 13.8 Å². The average molecular weight is 609 g/mol. The second-order valence-electron chi connectivity index (χ2n) is 9.96. The van der Waals surface area contributed by atoms with E-state index < -0.39 is 9.84 Å². The zero-order chi connectivity index (χ0) is 30.2. The van der Waals surface area contributed by atoms with E-state index in [1.165, 1.54) is 10.8 Å². The van der Waals surface area contributed by atoms with E-state index in [-0.39, 0.29) is 34.9 Å². The van der Waals surface area contributed by atoms with Crippen molar-refractivity contribution in [3.8, 4) is 21.8 Å². The summed E-state index contributed by atoms with van der Waals surface area (Å²) in [6.45, 7) is 8.30. The number of nitrogen functional groups attached to an aromatic ring is 1. The van der Waals surface area contributed by atoms with Crippen LogP contribution in [0.15, 0.2) is 35.7 Å². The third-order valence-electron chi connectivity index (χ3n) is 7.25. The number of fused-ring (bicyclic) bond motifs is 1. The summed E-state index contributed by atoms with van der Waals surface area (Å²) in [6, 6.07) is 3.61. The zero-order valence-corrected chi connectivity index (χ0v) is 25.6. The number of aryl methyl sites for hydroxylation is 3. The van der Waals surface area contributed by atoms with Crippen molar-refractivity contribution in [1.82, 2.24) is 44.6 Å². The lowest BCUT2D eigenvalue weighted by molar-refractivity contribution is 0.0663. The summed E-state index contributed by atoms with van der Waals surface area (Å²) >= 11 is 1.59. The van der Waals surface area contributed by atoms with E-state index in [1.807, 2.05) is 39.8 Å². The number of nitrogens with zero attached hydrogens (tertiary/aromatic N) is 8. The van der Waals surface area contributed by atoms with Gasteiger partial charge in [-0.25, -0.2) is 23.4 Å². The number of anilines is 1. The van der Waals surface area contributed by atoms with Gasteiger partial charge in [0.1, 0.15) is 22.0 Å². The molecule has 0 radical (unpaired) electrons. The Morgan fingerprint density at radius 2 is 1.95 bits per heavy atom. The van der Waals surface area contributed by atoms with Crippen LogP contribution in [0.5, 0.6) is 0 Å². The molecule has 0 aromatic carbocycles. The highest BCUT2D eigenvalue weighted by Gasteiger charge is 2.28. The van der Waals surface area contributed by atoms with Crippen LogP contribution in [-0.2, 0) is 16.3 Å². The fourth-order valence-electron chi connectivity index (χ4n) is 4.98. The number of nitrogens with one attached hydrogen (secondary N) is 1. The second-order valence-corrected chi connectivity index (χ2v) is 13.1. The molecule has 0 aliphatic heterocycles. The van der Waals surface area contributed by atoms with Gasteiger partial charge in [-0.15, -0.1) is 11.3 Å². The number of hydrogen-bond acceptors (Lipinski definition) is 11. The zero-order valence-electron chi connectivity index (χ0n) is 24.0. The first kappa shape index (κ1) is 29.3. The first-order valence-electron chi connectivity index (χ1n) is 13.5. The maximum absolute atomic E-state index is 13.0. The quantitative estimate of drug-likeness (QED) is 0.238. The molecule has 42 heavy (non-hydrogen) atoms. The normalized spacial score (nSPS) is 12.6. The number of amides is 1. The van der Waals surface area contributed by atoms with Crippen LogP contribution in [0.4, 0.5) is 5.82 Å². The Hall–Kier alpha value is -4.24. The fourth-order valence-corrected chi connectivity index (χ4v) is 6.92. The van der Waals surface area contributed by atoms with Crippen molar-refractivity contribution >= 4 is 38.5 Å². The molecule has 1 unspecified atom stereocenters. The first-order valence-corrected chi connectivity index (χ1v) is 16.2. The molecule has 0 spiro atoms. The van der Waals surface area contributed by atoms with Gasteiger partial charge >= 0.3 is 0 Å². The van der Waals surface area contributed by atoms with Gasteiger partial charge in [-0.05, 0) is 46.1 Å². The number of carbonyl (C=O) groups excluding carboxylic acids is 1. The average Bonchev–Trinajstić information content (AvgIpc) is 3.71. The summed E-state index contributed by atoms with van der Waals surface area (Å²) in [5.41, 5.74) is 10.3. The maximum Gasteiger partial charge on any atom is 0.291 e. The molecule has 0 saturated heterocycles. The summed E-state index contributed by atoms with van der Waals surface area (Å²) < 4.78 is 27.1. The van der Waals surface area contributed by atoms with Crippen LogP contribution in [0.25, 0.3) is 27.5 Å². The molecular weight excluding hydrogens is 576 g/mol. The summed E-state index contributed by atoms with van der Waals surface area (Å²) in [5.74, 6) is -0.134. The number of aromatic amines is 1. The van der Waals surface area contributed by atoms with Crippen molar-refractivity contribution in [1.29, 1.82) is 0 Å². The lowest BCUT2D eigenvalue weighted by Crippen LogP contribution is -2.40. The minimum absolute atomic E-state index is 0.0137. The summed E-state index contributed by atoms with van der Waals surface area (Å²) in [4.78, 5) is 33.8. The minimum Gasteiger partial charge on any atom is -0.382 e. The predicted molar refractivity (Wildman–Crippen MR) is 160 cm³/mol. The molecule has 5 aromatic heterocycles. The molecule has 0 saturated carbocycles. The molecule has 0 aliphatic carbocycles. The number of thiazole rings is 1. The molecule has 3 N–H and O–H groups in total. The van der Waals surface area contributed by atoms with Crippen molar-refractivity contribution < 1.29 is 13.2 Å². The van der Waals surface area contributed by atoms with Crippen LogP contribution in [0.2, 0.25) is 0 Å². The van der Waals surface area contributed by atoms with E-state index in [2.05, 4.69) is 30.2 Å². The predicted octanol–water partition coefficient (Wildman–Crippen LogP) is 3.51. The molecule has 1 amide bonds. The number of carbonyl (C=O) groups is 1. The second kappa shape index (κ2) is 11.6. The molecule has 0 bridgehead atoms. The van der Waals surface area contributed by atoms with E-state index in [0.29, 0.717) is 36.3 Å². The Balaban J connectivity index is 1.50. The smallest absolute Gasteiger partial charge is 0.291 e. The van der Waals surface area contributed by atoms with E-state index in [0.717, 1.165) is 33.1 Å². The summed E-state index contributed by atoms with van der Waals surface area (Å²) in [7, 11) is -3.75. The van der Waals surface area contributed by atoms with E-state index >= 15 is 0 Å². The topological polar surface area (TPSA) is 178 Å². The number of sulfone groups is 1. The van der Waals surface area contributed by atoms with E-state index in [9.17, 15) is 13.2 Å². The number of aromatic nitrogens is 8. The Bertz CT molecular complexity index is 1830. The Labute approximate surface area is 247 Å². The van der Waals surface area contributed by atoms with Gasteiger partial charge in [0, 0.05) is 41.0 Å². The van der Waals surface area contributed by atoms with Gasteiger partial charge in [0.2, 0.25) is 5.82 Å². The van der Waals surface area contributed by atoms with Crippen molar-refractivity contribution in [2.75, 3.05) is 18.5 Å². The molecule has 0 fully saturated rings. The molecule has 220 valence electrons. The van der Waals surface area contributed by atoms with Gasteiger partial charge in [0.15, 0.2) is 15.5 Å². The van der Waals surface area contributed by atoms with E-state index in [4.69, 9.17) is 10.7 Å². The highest BCUT2D eigenvalue weighted by molar-refractivity contribution is 7.91. The molecule has 0 aliphatic rings. The SMILES string of the molecule is CCC(CCc1nc2c(-c3ccc(-c4nc(C)c(C)s4)nc3)cnn2c(N)c1S(C)(=O)=O)N(CC)C(=O)c1ncn[nH]1. The Morgan fingerprint density at radius 3 is 2.52 bits per heavy atom. The monoisotopic (exact) mass is 608 g/mol. The molecular formula is C27H32N10O3S2. The van der Waals surface area contributed by atoms with Crippen molar-refractivity contribution in [3.63, 3.8) is 0 Å². The fraction of sp³-hybridized carbons (Fsp3) is 0.370. The summed E-state index contributed by atoms with van der Waals surface area (Å²) in [5, 5.41) is 11.6. The molecule has 5 rings (SSSR count). The van der Waals surface area contributed by atoms with Gasteiger partial charge < -0.3 is 10.6 Å². The lowest BCUT2D eigenvalue weighted by atomic mass is 10.0. The van der Waals surface area contributed by atoms with Crippen LogP contribution in [0.1, 0.15) is 53.6 Å². The molecule has 15 heteroatoms. The highest BCUT2D eigenvalue weighted by atomic mass is 32.2. The van der Waals surface area contributed by atoms with Gasteiger partial charge in [0.25, 0.3) is 5.91 Å². The maximum atomic E-state index is 13.0. The Morgan fingerprint density at radius 1 is 1.17 bits per heavy atom. The molecule has 13 nitrogen and oxygen atoms in total. The third-order valence-corrected chi connectivity index (χ3v) is 9.53. The standard InChI is InChI=1S/C27H32N10O3S2/c1-6-18(36(7-2)27(38)24-30-14-31-35-24)9-11-20-22(42(5,39)40)23(28)37-25(34-20)19(13-32-37)17-8-10-21(29-12-17)26-33-15(3)16(4)41-26/h8,10,12-14,18H,6-7,9,11,28H2,1-5H3,(H,30,31,35). The molecule has 1 atom stereocenters. The van der Waals surface area contributed by atoms with Crippen molar-refractivity contribution in [2.45, 2.75) is 57.9 Å². The number of pyridine rings is 1. The van der Waals surface area contributed by atoms with Gasteiger partial charge in [-0.1, -0.05) is 13.0 Å². The van der Waals surface area contributed by atoms with Crippen molar-refractivity contribution in [2.24, 2.45) is 0 Å². The lowest BCUT2D eigenvalue weighted by Gasteiger charge is -2.29. The minimum atomic E-state index is -3.75. The van der Waals surface area contributed by atoms with Gasteiger partial charge in [0.05, 0.1) is 23.3 Å². The van der Waals surface area contributed by atoms with Gasteiger partial charge in [-0.3, -0.25) is 14.9 Å². The highest BCUT2D eigenvalue weighted by Crippen LogP contribution is 2.32. The Kier molecular flexibility index (Phi) is 8.06. The van der Waals surface area contributed by atoms with Gasteiger partial charge in [-0.2, -0.15) is 14.7 Å². The number of rotatable bonds is 10. The molecule has 5 heterocycles. The number of H-pyrrole nitrogens is 1. The molecule has 5 aromatic rings. The van der Waals surface area contributed by atoms with E-state index in [1.54, 1.807) is 28.6 Å². The number of hydrogen-bond donors (Lipinski definition) is 2. The first-order chi connectivity index (χ1) is 20.0. The third kappa shape index (κ3) is 5.48. The van der Waals surface area contributed by atoms with Crippen molar-refractivity contribution in [3.05, 3.63) is 52.9 Å². The van der Waals surface area contributed by atoms with Crippen LogP contribution in [0.3, 0.4) is 0 Å². The van der Waals surface area contributed by atoms with Crippen LogP contribution in [-0.4, -0.2) is 77.8 Å². The van der Waals surface area contributed by atoms with Crippen LogP contribution >= 0.6 is 11.3 Å². The summed E-state index contributed by atoms with van der Waals surface area (Å²) in [6.07, 6.45) is 7.10. The largest absolute Gasteiger partial charge is 0.382 e.